The van der Waals surface area contributed by atoms with Gasteiger partial charge in [0.2, 0.25) is 0 Å². The van der Waals surface area contributed by atoms with E-state index in [1.165, 1.54) is 95.0 Å². The maximum absolute atomic E-state index is 2.62. The zero-order valence-electron chi connectivity index (χ0n) is 28.5. The summed E-state index contributed by atoms with van der Waals surface area (Å²) >= 11 is 0. The van der Waals surface area contributed by atoms with Crippen molar-refractivity contribution >= 4 is 27.8 Å². The van der Waals surface area contributed by atoms with E-state index in [-0.39, 0.29) is 16.2 Å². The van der Waals surface area contributed by atoms with Gasteiger partial charge in [0, 0.05) is 22.4 Å². The number of hydrogen-bond acceptors (Lipinski definition) is 1. The molecule has 0 aromatic heterocycles. The quantitative estimate of drug-likeness (QED) is 0.196. The molecule has 0 atom stereocenters. The van der Waals surface area contributed by atoms with E-state index in [0.29, 0.717) is 0 Å². The molecule has 1 spiro atoms. The minimum Gasteiger partial charge on any atom is -0.310 e. The fourth-order valence-electron chi connectivity index (χ4n) is 11.8. The lowest BCUT2D eigenvalue weighted by Gasteiger charge is -2.61. The van der Waals surface area contributed by atoms with Gasteiger partial charge >= 0.3 is 0 Å². The highest BCUT2D eigenvalue weighted by Gasteiger charge is 2.61. The highest BCUT2D eigenvalue weighted by atomic mass is 15.1. The minimum atomic E-state index is 0.144. The number of anilines is 3. The maximum Gasteiger partial charge on any atom is 0.0543 e. The van der Waals surface area contributed by atoms with Crippen LogP contribution in [0.5, 0.6) is 0 Å². The Balaban J connectivity index is 1.24. The molecule has 5 aromatic rings. The van der Waals surface area contributed by atoms with Crippen LogP contribution in [0.3, 0.4) is 0 Å². The second-order valence-electron chi connectivity index (χ2n) is 17.3. The van der Waals surface area contributed by atoms with Crippen LogP contribution in [-0.4, -0.2) is 0 Å². The second-order valence-corrected chi connectivity index (χ2v) is 17.3. The standard InChI is InChI=1S/C46H47N/c1-44(2)20-21-45(3,4)41-28-36(18-19-39(41)44)47(35-17-16-31-10-5-6-11-32(31)27-35)42-15-9-14-40-43(42)37-12-7-8-13-38(37)46(40)33-23-29-22-30(25-33)26-34(46)24-29/h5-19,27-30,33-34H,20-26H2,1-4H3. The summed E-state index contributed by atoms with van der Waals surface area (Å²) in [5.41, 5.74) is 13.6. The third-order valence-corrected chi connectivity index (χ3v) is 13.9. The van der Waals surface area contributed by atoms with Crippen molar-refractivity contribution in [1.29, 1.82) is 0 Å². The molecule has 0 saturated heterocycles. The van der Waals surface area contributed by atoms with Gasteiger partial charge in [-0.15, -0.1) is 0 Å². The maximum atomic E-state index is 2.62. The molecule has 4 fully saturated rings. The Morgan fingerprint density at radius 2 is 1.13 bits per heavy atom. The summed E-state index contributed by atoms with van der Waals surface area (Å²) in [5, 5.41) is 2.58. The molecule has 1 heteroatoms. The van der Waals surface area contributed by atoms with Crippen molar-refractivity contribution in [1.82, 2.24) is 0 Å². The Hall–Kier alpha value is -3.84. The smallest absolute Gasteiger partial charge is 0.0543 e. The van der Waals surface area contributed by atoms with Gasteiger partial charge in [-0.05, 0) is 148 Å². The molecule has 11 rings (SSSR count). The number of fused-ring (bicyclic) bond motifs is 5. The first-order valence-electron chi connectivity index (χ1n) is 18.4. The van der Waals surface area contributed by atoms with E-state index in [0.717, 1.165) is 23.7 Å². The van der Waals surface area contributed by atoms with E-state index in [1.54, 1.807) is 11.1 Å². The van der Waals surface area contributed by atoms with Gasteiger partial charge in [-0.3, -0.25) is 0 Å². The molecule has 0 N–H and O–H groups in total. The zero-order valence-corrected chi connectivity index (χ0v) is 28.5. The van der Waals surface area contributed by atoms with Crippen LogP contribution in [-0.2, 0) is 16.2 Å². The third-order valence-electron chi connectivity index (χ3n) is 13.9. The summed E-state index contributed by atoms with van der Waals surface area (Å²) in [4.78, 5) is 2.62. The van der Waals surface area contributed by atoms with Crippen LogP contribution < -0.4 is 4.90 Å². The molecule has 0 heterocycles. The third kappa shape index (κ3) is 3.83. The average molecular weight is 614 g/mol. The molecule has 6 aliphatic carbocycles. The molecule has 236 valence electrons. The van der Waals surface area contributed by atoms with Crippen molar-refractivity contribution in [2.24, 2.45) is 23.7 Å². The SMILES string of the molecule is CC1(C)CCC(C)(C)c2cc(N(c3ccc4ccccc4c3)c3cccc4c3-c3ccccc3C43C4CC5CC(C4)CC3C5)ccc21. The van der Waals surface area contributed by atoms with Crippen molar-refractivity contribution in [3.8, 4) is 11.1 Å². The molecule has 6 aliphatic rings. The minimum absolute atomic E-state index is 0.144. The van der Waals surface area contributed by atoms with E-state index < -0.39 is 0 Å². The van der Waals surface area contributed by atoms with E-state index >= 15 is 0 Å². The monoisotopic (exact) mass is 613 g/mol. The topological polar surface area (TPSA) is 3.24 Å². The van der Waals surface area contributed by atoms with Crippen molar-refractivity contribution in [3.63, 3.8) is 0 Å². The molecule has 4 bridgehead atoms. The second kappa shape index (κ2) is 9.62. The first-order valence-corrected chi connectivity index (χ1v) is 18.4. The van der Waals surface area contributed by atoms with Crippen molar-refractivity contribution in [2.75, 3.05) is 4.90 Å². The normalized spacial score (nSPS) is 28.7. The first kappa shape index (κ1) is 28.2. The Morgan fingerprint density at radius 1 is 0.511 bits per heavy atom. The molecule has 47 heavy (non-hydrogen) atoms. The van der Waals surface area contributed by atoms with Gasteiger partial charge in [0.1, 0.15) is 0 Å². The lowest BCUT2D eigenvalue weighted by atomic mass is 9.43. The average Bonchev–Trinajstić information content (AvgIpc) is 3.37. The Kier molecular flexibility index (Phi) is 5.77. The predicted molar refractivity (Wildman–Crippen MR) is 197 cm³/mol. The summed E-state index contributed by atoms with van der Waals surface area (Å²) in [5.74, 6) is 3.41. The highest BCUT2D eigenvalue weighted by molar-refractivity contribution is 5.97. The summed E-state index contributed by atoms with van der Waals surface area (Å²) in [6.45, 7) is 9.79. The number of benzene rings is 5. The van der Waals surface area contributed by atoms with Gasteiger partial charge in [0.15, 0.2) is 0 Å². The fraction of sp³-hybridized carbons (Fsp3) is 0.391. The summed E-state index contributed by atoms with van der Waals surface area (Å²) in [6, 6.07) is 40.3. The Bertz CT molecular complexity index is 2050. The lowest BCUT2D eigenvalue weighted by Crippen LogP contribution is -2.55. The van der Waals surface area contributed by atoms with Crippen LogP contribution in [0.25, 0.3) is 21.9 Å². The van der Waals surface area contributed by atoms with E-state index in [9.17, 15) is 0 Å². The van der Waals surface area contributed by atoms with E-state index in [4.69, 9.17) is 0 Å². The summed E-state index contributed by atoms with van der Waals surface area (Å²) in [7, 11) is 0. The van der Waals surface area contributed by atoms with Gasteiger partial charge in [-0.25, -0.2) is 0 Å². The van der Waals surface area contributed by atoms with E-state index in [1.807, 2.05) is 0 Å². The van der Waals surface area contributed by atoms with Crippen molar-refractivity contribution in [2.45, 2.75) is 88.9 Å². The van der Waals surface area contributed by atoms with Gasteiger partial charge in [-0.2, -0.15) is 0 Å². The van der Waals surface area contributed by atoms with Crippen LogP contribution in [0, 0.1) is 23.7 Å². The molecule has 0 unspecified atom stereocenters. The van der Waals surface area contributed by atoms with Crippen LogP contribution in [0.15, 0.2) is 103 Å². The van der Waals surface area contributed by atoms with Crippen LogP contribution in [0.4, 0.5) is 17.1 Å². The summed E-state index contributed by atoms with van der Waals surface area (Å²) < 4.78 is 0. The van der Waals surface area contributed by atoms with E-state index in [2.05, 4.69) is 136 Å². The molecule has 5 aromatic carbocycles. The zero-order chi connectivity index (χ0) is 31.7. The lowest BCUT2D eigenvalue weighted by molar-refractivity contribution is -0.0399. The Labute approximate surface area is 281 Å². The van der Waals surface area contributed by atoms with Gasteiger partial charge in [0.25, 0.3) is 0 Å². The largest absolute Gasteiger partial charge is 0.310 e. The molecule has 0 aliphatic heterocycles. The number of nitrogens with zero attached hydrogens (tertiary/aromatic N) is 1. The Morgan fingerprint density at radius 3 is 1.89 bits per heavy atom. The molecule has 0 amide bonds. The predicted octanol–water partition coefficient (Wildman–Crippen LogP) is 12.4. The van der Waals surface area contributed by atoms with Crippen molar-refractivity contribution in [3.05, 3.63) is 125 Å². The number of hydrogen-bond donors (Lipinski definition) is 0. The van der Waals surface area contributed by atoms with Gasteiger partial charge in [0.05, 0.1) is 5.69 Å². The fourth-order valence-corrected chi connectivity index (χ4v) is 11.8. The first-order chi connectivity index (χ1) is 22.7. The van der Waals surface area contributed by atoms with Crippen LogP contribution in [0.1, 0.15) is 94.9 Å². The van der Waals surface area contributed by atoms with Crippen molar-refractivity contribution < 1.29 is 0 Å². The molecule has 0 radical (unpaired) electrons. The molecular formula is C46H47N. The molecular weight excluding hydrogens is 567 g/mol. The van der Waals surface area contributed by atoms with Gasteiger partial charge < -0.3 is 4.90 Å². The van der Waals surface area contributed by atoms with Crippen LogP contribution in [0.2, 0.25) is 0 Å². The number of rotatable bonds is 3. The highest BCUT2D eigenvalue weighted by Crippen LogP contribution is 2.70. The summed E-state index contributed by atoms with van der Waals surface area (Å²) in [6.07, 6.45) is 9.58. The van der Waals surface area contributed by atoms with Crippen LogP contribution >= 0.6 is 0 Å². The molecule has 4 saturated carbocycles. The molecule has 1 nitrogen and oxygen atoms in total. The van der Waals surface area contributed by atoms with Gasteiger partial charge in [-0.1, -0.05) is 100 Å².